The number of hydrogen-bond donors (Lipinski definition) is 2. The molecule has 19 heavy (non-hydrogen) atoms. The third-order valence-corrected chi connectivity index (χ3v) is 2.84. The number of aromatic nitrogens is 1. The quantitative estimate of drug-likeness (QED) is 0.823. The minimum absolute atomic E-state index is 0.240. The fraction of sp³-hybridized carbons (Fsp3) is 0.200. The zero-order chi connectivity index (χ0) is 13.8. The van der Waals surface area contributed by atoms with E-state index in [-0.39, 0.29) is 5.82 Å². The van der Waals surface area contributed by atoms with E-state index in [1.807, 2.05) is 19.1 Å². The van der Waals surface area contributed by atoms with Gasteiger partial charge in [0.1, 0.15) is 11.6 Å². The van der Waals surface area contributed by atoms with Gasteiger partial charge in [-0.05, 0) is 32.0 Å². The van der Waals surface area contributed by atoms with Crippen molar-refractivity contribution in [2.45, 2.75) is 20.4 Å². The number of nitrogens with one attached hydrogen (secondary N) is 2. The summed E-state index contributed by atoms with van der Waals surface area (Å²) in [6, 6.07) is 10.3. The molecule has 98 valence electrons. The van der Waals surface area contributed by atoms with Crippen LogP contribution in [-0.2, 0) is 6.54 Å². The van der Waals surface area contributed by atoms with Crippen LogP contribution in [0.25, 0.3) is 0 Å². The minimum atomic E-state index is -0.240. The zero-order valence-corrected chi connectivity index (χ0v) is 11.0. The van der Waals surface area contributed by atoms with Crippen molar-refractivity contribution in [2.75, 3.05) is 5.32 Å². The Morgan fingerprint density at radius 3 is 2.68 bits per heavy atom. The molecule has 4 heteroatoms. The highest BCUT2D eigenvalue weighted by Crippen LogP contribution is 2.16. The largest absolute Gasteiger partial charge is 0.365 e. The molecule has 1 heterocycles. The number of aryl methyl sites for hydroxylation is 1. The van der Waals surface area contributed by atoms with E-state index in [9.17, 15) is 4.39 Å². The molecule has 0 spiro atoms. The van der Waals surface area contributed by atoms with Crippen molar-refractivity contribution in [3.8, 4) is 0 Å². The van der Waals surface area contributed by atoms with Gasteiger partial charge < -0.3 is 10.7 Å². The molecule has 1 aromatic carbocycles. The fourth-order valence-electron chi connectivity index (χ4n) is 1.81. The average molecular weight is 257 g/mol. The molecule has 0 bridgehead atoms. The Morgan fingerprint density at radius 2 is 2.00 bits per heavy atom. The van der Waals surface area contributed by atoms with Crippen LogP contribution < -0.4 is 5.32 Å². The van der Waals surface area contributed by atoms with E-state index in [1.165, 1.54) is 6.07 Å². The Labute approximate surface area is 112 Å². The molecule has 0 unspecified atom stereocenters. The standard InChI is InChI=1S/C15H16FN3/c1-10-7-8-13(11(2)17)15(19-10)18-9-12-5-3-4-6-14(12)16/h3-8,17H,9H2,1-2H3,(H,18,19). The number of nitrogens with zero attached hydrogens (tertiary/aromatic N) is 1. The van der Waals surface area contributed by atoms with Crippen LogP contribution in [-0.4, -0.2) is 10.7 Å². The van der Waals surface area contributed by atoms with Gasteiger partial charge in [0, 0.05) is 29.1 Å². The molecule has 2 N–H and O–H groups in total. The summed E-state index contributed by atoms with van der Waals surface area (Å²) in [5.74, 6) is 0.381. The first-order chi connectivity index (χ1) is 9.08. The van der Waals surface area contributed by atoms with Gasteiger partial charge in [-0.3, -0.25) is 0 Å². The Bertz CT molecular complexity index is 608. The van der Waals surface area contributed by atoms with Gasteiger partial charge in [-0.15, -0.1) is 0 Å². The normalized spacial score (nSPS) is 10.3. The van der Waals surface area contributed by atoms with Gasteiger partial charge >= 0.3 is 0 Å². The molecule has 1 aromatic heterocycles. The molecule has 2 aromatic rings. The number of anilines is 1. The number of pyridine rings is 1. The highest BCUT2D eigenvalue weighted by atomic mass is 19.1. The molecule has 0 fully saturated rings. The molecule has 0 saturated carbocycles. The summed E-state index contributed by atoms with van der Waals surface area (Å²) in [5, 5.41) is 10.8. The lowest BCUT2D eigenvalue weighted by Crippen LogP contribution is -2.08. The molecule has 0 radical (unpaired) electrons. The topological polar surface area (TPSA) is 48.8 Å². The molecule has 2 rings (SSSR count). The van der Waals surface area contributed by atoms with Crippen LogP contribution in [0.5, 0.6) is 0 Å². The van der Waals surface area contributed by atoms with Crippen LogP contribution in [0.4, 0.5) is 10.2 Å². The summed E-state index contributed by atoms with van der Waals surface area (Å²) in [5.41, 5.74) is 2.62. The molecule has 0 atom stereocenters. The molecule has 0 saturated heterocycles. The van der Waals surface area contributed by atoms with Gasteiger partial charge in [-0.25, -0.2) is 9.37 Å². The van der Waals surface area contributed by atoms with Crippen LogP contribution in [0.1, 0.15) is 23.7 Å². The Kier molecular flexibility index (Phi) is 3.90. The second-order valence-electron chi connectivity index (χ2n) is 4.42. The smallest absolute Gasteiger partial charge is 0.135 e. The highest BCUT2D eigenvalue weighted by Gasteiger charge is 2.07. The number of hydrogen-bond acceptors (Lipinski definition) is 3. The third kappa shape index (κ3) is 3.16. The van der Waals surface area contributed by atoms with Crippen LogP contribution in [0.2, 0.25) is 0 Å². The molecule has 0 aliphatic carbocycles. The zero-order valence-electron chi connectivity index (χ0n) is 11.0. The van der Waals surface area contributed by atoms with Crippen LogP contribution in [0.15, 0.2) is 36.4 Å². The highest BCUT2D eigenvalue weighted by molar-refractivity contribution is 6.00. The first-order valence-electron chi connectivity index (χ1n) is 6.08. The monoisotopic (exact) mass is 257 g/mol. The van der Waals surface area contributed by atoms with E-state index < -0.39 is 0 Å². The molecular formula is C15H16FN3. The minimum Gasteiger partial charge on any atom is -0.365 e. The molecule has 0 aliphatic heterocycles. The second-order valence-corrected chi connectivity index (χ2v) is 4.42. The Morgan fingerprint density at radius 1 is 1.26 bits per heavy atom. The average Bonchev–Trinajstić information content (AvgIpc) is 2.37. The number of rotatable bonds is 4. The number of benzene rings is 1. The van der Waals surface area contributed by atoms with Crippen molar-refractivity contribution in [1.82, 2.24) is 4.98 Å². The Hall–Kier alpha value is -2.23. The van der Waals surface area contributed by atoms with Gasteiger partial charge in [-0.1, -0.05) is 18.2 Å². The summed E-state index contributed by atoms with van der Waals surface area (Å²) < 4.78 is 13.5. The summed E-state index contributed by atoms with van der Waals surface area (Å²) >= 11 is 0. The summed E-state index contributed by atoms with van der Waals surface area (Å²) in [4.78, 5) is 4.36. The van der Waals surface area contributed by atoms with Crippen molar-refractivity contribution < 1.29 is 4.39 Å². The van der Waals surface area contributed by atoms with Gasteiger partial charge in [0.25, 0.3) is 0 Å². The molecule has 0 aliphatic rings. The lowest BCUT2D eigenvalue weighted by Gasteiger charge is -2.11. The van der Waals surface area contributed by atoms with E-state index >= 15 is 0 Å². The molecular weight excluding hydrogens is 241 g/mol. The van der Waals surface area contributed by atoms with Crippen LogP contribution >= 0.6 is 0 Å². The van der Waals surface area contributed by atoms with Crippen molar-refractivity contribution in [2.24, 2.45) is 0 Å². The SMILES string of the molecule is CC(=N)c1ccc(C)nc1NCc1ccccc1F. The van der Waals surface area contributed by atoms with Crippen LogP contribution in [0.3, 0.4) is 0 Å². The second kappa shape index (κ2) is 5.61. The molecule has 0 amide bonds. The summed E-state index contributed by atoms with van der Waals surface area (Å²) in [6.07, 6.45) is 0. The van der Waals surface area contributed by atoms with E-state index in [1.54, 1.807) is 25.1 Å². The third-order valence-electron chi connectivity index (χ3n) is 2.84. The maximum absolute atomic E-state index is 13.5. The van der Waals surface area contributed by atoms with Gasteiger partial charge in [0.2, 0.25) is 0 Å². The fourth-order valence-corrected chi connectivity index (χ4v) is 1.81. The van der Waals surface area contributed by atoms with Gasteiger partial charge in [0.05, 0.1) is 0 Å². The van der Waals surface area contributed by atoms with E-state index in [0.29, 0.717) is 23.6 Å². The predicted octanol–water partition coefficient (Wildman–Crippen LogP) is 3.53. The van der Waals surface area contributed by atoms with Gasteiger partial charge in [-0.2, -0.15) is 0 Å². The van der Waals surface area contributed by atoms with E-state index in [4.69, 9.17) is 5.41 Å². The van der Waals surface area contributed by atoms with E-state index in [2.05, 4.69) is 10.3 Å². The molecule has 3 nitrogen and oxygen atoms in total. The lowest BCUT2D eigenvalue weighted by atomic mass is 10.1. The van der Waals surface area contributed by atoms with Crippen molar-refractivity contribution in [3.63, 3.8) is 0 Å². The van der Waals surface area contributed by atoms with Crippen molar-refractivity contribution in [3.05, 3.63) is 59.0 Å². The maximum Gasteiger partial charge on any atom is 0.135 e. The summed E-state index contributed by atoms with van der Waals surface area (Å²) in [6.45, 7) is 3.95. The first-order valence-corrected chi connectivity index (χ1v) is 6.08. The van der Waals surface area contributed by atoms with E-state index in [0.717, 1.165) is 11.3 Å². The predicted molar refractivity (Wildman–Crippen MR) is 75.2 cm³/mol. The van der Waals surface area contributed by atoms with Crippen molar-refractivity contribution in [1.29, 1.82) is 5.41 Å². The number of halogens is 1. The van der Waals surface area contributed by atoms with Crippen molar-refractivity contribution >= 4 is 11.5 Å². The lowest BCUT2D eigenvalue weighted by molar-refractivity contribution is 0.613. The summed E-state index contributed by atoms with van der Waals surface area (Å²) in [7, 11) is 0. The first kappa shape index (κ1) is 13.2. The van der Waals surface area contributed by atoms with Crippen LogP contribution in [0, 0.1) is 18.2 Å². The Balaban J connectivity index is 2.22. The maximum atomic E-state index is 13.5. The van der Waals surface area contributed by atoms with Gasteiger partial charge in [0.15, 0.2) is 0 Å².